The summed E-state index contributed by atoms with van der Waals surface area (Å²) in [5.74, 6) is 5.23. The molecule has 3 aliphatic carbocycles. The zero-order valence-corrected chi connectivity index (χ0v) is 20.3. The van der Waals surface area contributed by atoms with E-state index in [1.165, 1.54) is 103 Å². The van der Waals surface area contributed by atoms with Crippen molar-refractivity contribution in [2.45, 2.75) is 117 Å². The molecule has 0 bridgehead atoms. The molecule has 0 spiro atoms. The first-order valence-corrected chi connectivity index (χ1v) is 13.7. The molecule has 0 aromatic rings. The summed E-state index contributed by atoms with van der Waals surface area (Å²) in [4.78, 5) is 0. The Hall–Kier alpha value is -0.780. The highest BCUT2D eigenvalue weighted by Gasteiger charge is 2.31. The van der Waals surface area contributed by atoms with Crippen LogP contribution in [0.1, 0.15) is 117 Å². The summed E-state index contributed by atoms with van der Waals surface area (Å²) in [7, 11) is 0. The van der Waals surface area contributed by atoms with E-state index < -0.39 is 0 Å². The van der Waals surface area contributed by atoms with E-state index in [2.05, 4.69) is 38.2 Å². The Balaban J connectivity index is 1.41. The number of allylic oxidation sites excluding steroid dienone is 5. The van der Waals surface area contributed by atoms with Gasteiger partial charge < -0.3 is 0 Å². The van der Waals surface area contributed by atoms with Crippen molar-refractivity contribution >= 4 is 0 Å². The van der Waals surface area contributed by atoms with E-state index in [0.717, 1.165) is 35.5 Å². The molecule has 0 saturated heterocycles. The highest BCUT2D eigenvalue weighted by atomic mass is 14.4. The Labute approximate surface area is 188 Å². The second-order valence-corrected chi connectivity index (χ2v) is 10.9. The van der Waals surface area contributed by atoms with Gasteiger partial charge in [0.15, 0.2) is 0 Å². The smallest absolute Gasteiger partial charge is 0.0140 e. The van der Waals surface area contributed by atoms with Gasteiger partial charge in [0.25, 0.3) is 0 Å². The van der Waals surface area contributed by atoms with E-state index in [4.69, 9.17) is 6.58 Å². The average Bonchev–Trinajstić information content (AvgIpc) is 2.81. The van der Waals surface area contributed by atoms with Gasteiger partial charge in [0.05, 0.1) is 0 Å². The number of hydrogen-bond acceptors (Lipinski definition) is 0. The van der Waals surface area contributed by atoms with Gasteiger partial charge in [0.1, 0.15) is 0 Å². The summed E-state index contributed by atoms with van der Waals surface area (Å²) in [6.45, 7) is 9.31. The predicted octanol–water partition coefficient (Wildman–Crippen LogP) is 9.67. The Kier molecular flexibility index (Phi) is 10.3. The van der Waals surface area contributed by atoms with Crippen molar-refractivity contribution in [2.24, 2.45) is 35.5 Å². The lowest BCUT2D eigenvalue weighted by Crippen LogP contribution is -2.25. The van der Waals surface area contributed by atoms with Gasteiger partial charge in [-0.3, -0.25) is 0 Å². The summed E-state index contributed by atoms with van der Waals surface area (Å²) in [5, 5.41) is 0. The summed E-state index contributed by atoms with van der Waals surface area (Å²) in [6, 6.07) is 0. The van der Waals surface area contributed by atoms with Gasteiger partial charge in [0, 0.05) is 0 Å². The van der Waals surface area contributed by atoms with Crippen molar-refractivity contribution < 1.29 is 0 Å². The van der Waals surface area contributed by atoms with E-state index in [-0.39, 0.29) is 0 Å². The van der Waals surface area contributed by atoms with Gasteiger partial charge in [-0.15, -0.1) is 0 Å². The quantitative estimate of drug-likeness (QED) is 0.332. The molecule has 170 valence electrons. The van der Waals surface area contributed by atoms with Crippen molar-refractivity contribution in [3.05, 3.63) is 36.5 Å². The van der Waals surface area contributed by atoms with Crippen LogP contribution in [0.5, 0.6) is 0 Å². The third kappa shape index (κ3) is 7.13. The zero-order chi connectivity index (χ0) is 21.2. The monoisotopic (exact) mass is 410 g/mol. The average molecular weight is 411 g/mol. The predicted molar refractivity (Wildman–Crippen MR) is 134 cm³/mol. The molecule has 0 aromatic heterocycles. The molecule has 3 saturated carbocycles. The van der Waals surface area contributed by atoms with Gasteiger partial charge in [-0.05, 0) is 119 Å². The van der Waals surface area contributed by atoms with E-state index in [9.17, 15) is 0 Å². The lowest BCUT2D eigenvalue weighted by molar-refractivity contribution is 0.248. The fraction of sp³-hybridized carbons (Fsp3) is 0.800. The first kappa shape index (κ1) is 23.9. The van der Waals surface area contributed by atoms with Crippen LogP contribution in [0.2, 0.25) is 0 Å². The fourth-order valence-corrected chi connectivity index (χ4v) is 6.70. The molecule has 3 aliphatic rings. The molecule has 0 amide bonds. The van der Waals surface area contributed by atoms with Crippen LogP contribution in [-0.2, 0) is 0 Å². The molecular weight excluding hydrogens is 360 g/mol. The van der Waals surface area contributed by atoms with Crippen LogP contribution in [0.4, 0.5) is 0 Å². The van der Waals surface area contributed by atoms with Crippen LogP contribution in [-0.4, -0.2) is 0 Å². The summed E-state index contributed by atoms with van der Waals surface area (Å²) in [6.07, 6.45) is 32.5. The first-order chi connectivity index (χ1) is 14.7. The highest BCUT2D eigenvalue weighted by molar-refractivity contribution is 5.13. The summed E-state index contributed by atoms with van der Waals surface area (Å²) >= 11 is 0. The zero-order valence-electron chi connectivity index (χ0n) is 20.3. The fourth-order valence-electron chi connectivity index (χ4n) is 6.70. The molecule has 2 atom stereocenters. The number of rotatable bonds is 9. The SMILES string of the molecule is C=C(C1CCC(CC)CC1)C1CCCCC1/C=C/CCC1CCC(/C=C/CC)CC1. The van der Waals surface area contributed by atoms with Crippen molar-refractivity contribution in [3.8, 4) is 0 Å². The maximum Gasteiger partial charge on any atom is -0.0140 e. The lowest BCUT2D eigenvalue weighted by atomic mass is 9.68. The van der Waals surface area contributed by atoms with Crippen LogP contribution in [0, 0.1) is 35.5 Å². The highest BCUT2D eigenvalue weighted by Crippen LogP contribution is 2.43. The molecule has 30 heavy (non-hydrogen) atoms. The van der Waals surface area contributed by atoms with Gasteiger partial charge in [-0.1, -0.05) is 69.6 Å². The number of hydrogen-bond donors (Lipinski definition) is 0. The summed E-state index contributed by atoms with van der Waals surface area (Å²) < 4.78 is 0. The molecule has 0 N–H and O–H groups in total. The molecule has 0 radical (unpaired) electrons. The topological polar surface area (TPSA) is 0 Å². The molecule has 0 heterocycles. The van der Waals surface area contributed by atoms with Crippen molar-refractivity contribution in [1.29, 1.82) is 0 Å². The largest absolute Gasteiger partial charge is 0.0993 e. The Morgan fingerprint density at radius 2 is 1.47 bits per heavy atom. The minimum atomic E-state index is 0.777. The Morgan fingerprint density at radius 1 is 0.767 bits per heavy atom. The van der Waals surface area contributed by atoms with Crippen LogP contribution in [0.25, 0.3) is 0 Å². The third-order valence-electron chi connectivity index (χ3n) is 8.90. The first-order valence-electron chi connectivity index (χ1n) is 13.7. The molecule has 0 aliphatic heterocycles. The maximum atomic E-state index is 4.69. The molecule has 0 nitrogen and oxygen atoms in total. The van der Waals surface area contributed by atoms with Gasteiger partial charge in [-0.25, -0.2) is 0 Å². The van der Waals surface area contributed by atoms with Crippen LogP contribution >= 0.6 is 0 Å². The standard InChI is InChI=1S/C30H50/c1-4-6-11-26-16-18-27(19-17-26)12-7-8-13-29-14-9-10-15-30(29)24(3)28-22-20-25(5-2)21-23-28/h6,8,11,13,25-30H,3-5,7,9-10,12,14-23H2,1-2H3/b11-6+,13-8+. The van der Waals surface area contributed by atoms with Crippen LogP contribution in [0.3, 0.4) is 0 Å². The molecular formula is C30H50. The minimum absolute atomic E-state index is 0.777. The van der Waals surface area contributed by atoms with Gasteiger partial charge in [-0.2, -0.15) is 0 Å². The molecule has 0 heteroatoms. The Bertz CT molecular complexity index is 536. The van der Waals surface area contributed by atoms with E-state index in [1.807, 2.05) is 0 Å². The van der Waals surface area contributed by atoms with Crippen molar-refractivity contribution in [3.63, 3.8) is 0 Å². The minimum Gasteiger partial charge on any atom is -0.0993 e. The van der Waals surface area contributed by atoms with Crippen molar-refractivity contribution in [1.82, 2.24) is 0 Å². The summed E-state index contributed by atoms with van der Waals surface area (Å²) in [5.41, 5.74) is 1.64. The lowest BCUT2D eigenvalue weighted by Gasteiger charge is -2.37. The molecule has 3 rings (SSSR count). The van der Waals surface area contributed by atoms with Crippen molar-refractivity contribution in [2.75, 3.05) is 0 Å². The molecule has 2 unspecified atom stereocenters. The van der Waals surface area contributed by atoms with Gasteiger partial charge >= 0.3 is 0 Å². The Morgan fingerprint density at radius 3 is 2.17 bits per heavy atom. The van der Waals surface area contributed by atoms with Crippen LogP contribution in [0.15, 0.2) is 36.5 Å². The second-order valence-electron chi connectivity index (χ2n) is 10.9. The maximum absolute atomic E-state index is 4.69. The molecule has 0 aromatic carbocycles. The van der Waals surface area contributed by atoms with E-state index >= 15 is 0 Å². The van der Waals surface area contributed by atoms with E-state index in [1.54, 1.807) is 5.57 Å². The normalized spacial score (nSPS) is 35.8. The third-order valence-corrected chi connectivity index (χ3v) is 8.90. The van der Waals surface area contributed by atoms with E-state index in [0.29, 0.717) is 0 Å². The second kappa shape index (κ2) is 12.9. The molecule has 3 fully saturated rings. The van der Waals surface area contributed by atoms with Gasteiger partial charge in [0.2, 0.25) is 0 Å². The van der Waals surface area contributed by atoms with Crippen LogP contribution < -0.4 is 0 Å².